The third-order valence-electron chi connectivity index (χ3n) is 7.15. The van der Waals surface area contributed by atoms with Gasteiger partial charge < -0.3 is 10.0 Å². The number of hydrogen-bond acceptors (Lipinski definition) is 5. The van der Waals surface area contributed by atoms with Gasteiger partial charge in [-0.2, -0.15) is 5.10 Å². The van der Waals surface area contributed by atoms with Crippen LogP contribution in [0.4, 0.5) is 5.69 Å². The van der Waals surface area contributed by atoms with E-state index in [1.165, 1.54) is 40.6 Å². The standard InChI is InChI=1S/C30H35ClN4O2/c1-20(2)24-7-5-23(6-8-24)19-34-13-15-35(16-14-34)28-11-9-26(21(3)22(28)4)18-32-33-30(37)25-10-12-29(36)27(31)17-25/h5-12,17-18,20,36H,13-16,19H2,1-4H3,(H,33,37)/b32-18+. The highest BCUT2D eigenvalue weighted by molar-refractivity contribution is 6.32. The number of carbonyl (C=O) groups is 1. The molecule has 194 valence electrons. The Morgan fingerprint density at radius 3 is 2.38 bits per heavy atom. The van der Waals surface area contributed by atoms with Crippen LogP contribution >= 0.6 is 11.6 Å². The molecule has 37 heavy (non-hydrogen) atoms. The molecular weight excluding hydrogens is 484 g/mol. The third kappa shape index (κ3) is 6.51. The molecule has 0 bridgehead atoms. The highest BCUT2D eigenvalue weighted by atomic mass is 35.5. The second-order valence-corrected chi connectivity index (χ2v) is 10.4. The molecule has 1 aliphatic rings. The monoisotopic (exact) mass is 518 g/mol. The van der Waals surface area contributed by atoms with Crippen LogP contribution in [0.3, 0.4) is 0 Å². The van der Waals surface area contributed by atoms with Gasteiger partial charge in [0.15, 0.2) is 0 Å². The molecule has 1 heterocycles. The van der Waals surface area contributed by atoms with E-state index in [1.54, 1.807) is 6.21 Å². The minimum Gasteiger partial charge on any atom is -0.506 e. The molecule has 0 aromatic heterocycles. The van der Waals surface area contributed by atoms with Crippen molar-refractivity contribution in [3.8, 4) is 5.75 Å². The van der Waals surface area contributed by atoms with Crippen LogP contribution in [-0.4, -0.2) is 48.3 Å². The summed E-state index contributed by atoms with van der Waals surface area (Å²) in [6.45, 7) is 13.7. The molecule has 1 amide bonds. The van der Waals surface area contributed by atoms with Crippen molar-refractivity contribution in [2.75, 3.05) is 31.1 Å². The summed E-state index contributed by atoms with van der Waals surface area (Å²) in [7, 11) is 0. The molecule has 2 N–H and O–H groups in total. The Morgan fingerprint density at radius 1 is 1.03 bits per heavy atom. The number of benzene rings is 3. The zero-order valence-electron chi connectivity index (χ0n) is 22.0. The molecule has 0 atom stereocenters. The van der Waals surface area contributed by atoms with E-state index >= 15 is 0 Å². The number of hydrazone groups is 1. The van der Waals surface area contributed by atoms with Crippen LogP contribution in [0.2, 0.25) is 5.02 Å². The number of nitrogens with one attached hydrogen (secondary N) is 1. The van der Waals surface area contributed by atoms with E-state index in [0.717, 1.165) is 43.9 Å². The predicted molar refractivity (Wildman–Crippen MR) is 152 cm³/mol. The van der Waals surface area contributed by atoms with Crippen molar-refractivity contribution in [1.82, 2.24) is 10.3 Å². The van der Waals surface area contributed by atoms with Gasteiger partial charge in [0.25, 0.3) is 5.91 Å². The van der Waals surface area contributed by atoms with Crippen LogP contribution in [0, 0.1) is 13.8 Å². The maximum Gasteiger partial charge on any atom is 0.271 e. The second kappa shape index (κ2) is 11.8. The minimum atomic E-state index is -0.391. The molecule has 3 aromatic carbocycles. The summed E-state index contributed by atoms with van der Waals surface area (Å²) in [6, 6.07) is 17.5. The number of aromatic hydroxyl groups is 1. The van der Waals surface area contributed by atoms with E-state index in [-0.39, 0.29) is 10.8 Å². The van der Waals surface area contributed by atoms with E-state index in [0.29, 0.717) is 11.5 Å². The van der Waals surface area contributed by atoms with Crippen molar-refractivity contribution in [2.45, 2.75) is 40.2 Å². The van der Waals surface area contributed by atoms with Gasteiger partial charge in [0.2, 0.25) is 0 Å². The van der Waals surface area contributed by atoms with Crippen molar-refractivity contribution in [3.05, 3.63) is 93.0 Å². The van der Waals surface area contributed by atoms with Crippen molar-refractivity contribution in [2.24, 2.45) is 5.10 Å². The number of phenolic OH excluding ortho intramolecular Hbond substituents is 1. The molecule has 1 aliphatic heterocycles. The topological polar surface area (TPSA) is 68.2 Å². The summed E-state index contributed by atoms with van der Waals surface area (Å²) in [4.78, 5) is 17.3. The largest absolute Gasteiger partial charge is 0.506 e. The summed E-state index contributed by atoms with van der Waals surface area (Å²) in [6.07, 6.45) is 1.66. The maximum atomic E-state index is 12.3. The lowest BCUT2D eigenvalue weighted by Crippen LogP contribution is -2.46. The SMILES string of the molecule is Cc1c(/C=N/NC(=O)c2ccc(O)c(Cl)c2)ccc(N2CCN(Cc3ccc(C(C)C)cc3)CC2)c1C. The van der Waals surface area contributed by atoms with E-state index in [4.69, 9.17) is 11.6 Å². The zero-order chi connectivity index (χ0) is 26.5. The Bertz CT molecular complexity index is 1280. The lowest BCUT2D eigenvalue weighted by Gasteiger charge is -2.37. The van der Waals surface area contributed by atoms with Gasteiger partial charge in [-0.1, -0.05) is 55.8 Å². The summed E-state index contributed by atoms with van der Waals surface area (Å²) in [5, 5.41) is 13.8. The number of carbonyl (C=O) groups excluding carboxylic acids is 1. The number of anilines is 1. The predicted octanol–water partition coefficient (Wildman–Crippen LogP) is 5.87. The minimum absolute atomic E-state index is 0.0642. The Labute approximate surface area is 224 Å². The van der Waals surface area contributed by atoms with Crippen LogP contribution in [0.25, 0.3) is 0 Å². The van der Waals surface area contributed by atoms with Crippen molar-refractivity contribution in [3.63, 3.8) is 0 Å². The molecule has 0 saturated carbocycles. The zero-order valence-corrected chi connectivity index (χ0v) is 22.7. The maximum absolute atomic E-state index is 12.3. The first-order valence-electron chi connectivity index (χ1n) is 12.7. The van der Waals surface area contributed by atoms with Gasteiger partial charge >= 0.3 is 0 Å². The van der Waals surface area contributed by atoms with Gasteiger partial charge in [-0.25, -0.2) is 5.43 Å². The van der Waals surface area contributed by atoms with Crippen LogP contribution in [0.5, 0.6) is 5.75 Å². The Balaban J connectivity index is 1.34. The average molecular weight is 519 g/mol. The quantitative estimate of drug-likeness (QED) is 0.303. The van der Waals surface area contributed by atoms with Gasteiger partial charge in [-0.05, 0) is 71.8 Å². The van der Waals surface area contributed by atoms with Crippen molar-refractivity contribution < 1.29 is 9.90 Å². The first kappa shape index (κ1) is 26.7. The van der Waals surface area contributed by atoms with Gasteiger partial charge in [0.1, 0.15) is 5.75 Å². The first-order valence-corrected chi connectivity index (χ1v) is 13.1. The number of piperazine rings is 1. The lowest BCUT2D eigenvalue weighted by atomic mass is 10.0. The van der Waals surface area contributed by atoms with E-state index in [1.807, 2.05) is 6.07 Å². The number of halogens is 1. The van der Waals surface area contributed by atoms with E-state index < -0.39 is 5.91 Å². The third-order valence-corrected chi connectivity index (χ3v) is 7.45. The molecule has 0 spiro atoms. The molecule has 4 rings (SSSR count). The van der Waals surface area contributed by atoms with Crippen LogP contribution in [0.1, 0.15) is 57.9 Å². The van der Waals surface area contributed by atoms with Crippen LogP contribution < -0.4 is 10.3 Å². The van der Waals surface area contributed by atoms with Gasteiger partial charge in [0, 0.05) is 44.0 Å². The second-order valence-electron chi connectivity index (χ2n) is 9.95. The molecule has 0 aliphatic carbocycles. The molecule has 7 heteroatoms. The number of phenols is 1. The average Bonchev–Trinajstić information content (AvgIpc) is 2.89. The van der Waals surface area contributed by atoms with Crippen molar-refractivity contribution >= 4 is 29.4 Å². The van der Waals surface area contributed by atoms with E-state index in [9.17, 15) is 9.90 Å². The van der Waals surface area contributed by atoms with E-state index in [2.05, 4.69) is 78.4 Å². The Morgan fingerprint density at radius 2 is 1.73 bits per heavy atom. The Kier molecular flexibility index (Phi) is 8.52. The van der Waals surface area contributed by atoms with Gasteiger partial charge in [-0.15, -0.1) is 0 Å². The summed E-state index contributed by atoms with van der Waals surface area (Å²) in [5.74, 6) is 0.106. The molecule has 1 fully saturated rings. The highest BCUT2D eigenvalue weighted by Crippen LogP contribution is 2.27. The van der Waals surface area contributed by atoms with Crippen LogP contribution in [-0.2, 0) is 6.54 Å². The summed E-state index contributed by atoms with van der Waals surface area (Å²) >= 11 is 5.89. The summed E-state index contributed by atoms with van der Waals surface area (Å²) in [5.41, 5.74) is 10.2. The molecule has 1 saturated heterocycles. The van der Waals surface area contributed by atoms with Gasteiger partial charge in [0.05, 0.1) is 11.2 Å². The molecule has 3 aromatic rings. The smallest absolute Gasteiger partial charge is 0.271 e. The van der Waals surface area contributed by atoms with Crippen molar-refractivity contribution in [1.29, 1.82) is 0 Å². The highest BCUT2D eigenvalue weighted by Gasteiger charge is 2.20. The summed E-state index contributed by atoms with van der Waals surface area (Å²) < 4.78 is 0. The van der Waals surface area contributed by atoms with Gasteiger partial charge in [-0.3, -0.25) is 9.69 Å². The number of amides is 1. The molecule has 0 unspecified atom stereocenters. The van der Waals surface area contributed by atoms with Crippen LogP contribution in [0.15, 0.2) is 59.7 Å². The fourth-order valence-corrected chi connectivity index (χ4v) is 4.78. The number of nitrogens with zero attached hydrogens (tertiary/aromatic N) is 3. The molecular formula is C30H35ClN4O2. The fraction of sp³-hybridized carbons (Fsp3) is 0.333. The molecule has 0 radical (unpaired) electrons. The number of rotatable bonds is 7. The first-order chi connectivity index (χ1) is 17.7. The Hall–Kier alpha value is -3.35. The fourth-order valence-electron chi connectivity index (χ4n) is 4.60. The lowest BCUT2D eigenvalue weighted by molar-refractivity contribution is 0.0955. The normalized spacial score (nSPS) is 14.5. The molecule has 6 nitrogen and oxygen atoms in total. The number of hydrogen-bond donors (Lipinski definition) is 2.